The van der Waals surface area contributed by atoms with Crippen LogP contribution in [-0.4, -0.2) is 45.8 Å². The Hall–Kier alpha value is -2.96. The van der Waals surface area contributed by atoms with Crippen molar-refractivity contribution in [2.24, 2.45) is 5.41 Å². The average molecular weight is 477 g/mol. The summed E-state index contributed by atoms with van der Waals surface area (Å²) >= 11 is 0. The first-order valence-electron chi connectivity index (χ1n) is 12.6. The van der Waals surface area contributed by atoms with Crippen molar-refractivity contribution in [3.05, 3.63) is 65.9 Å². The molecule has 1 heterocycles. The first-order valence-corrected chi connectivity index (χ1v) is 12.6. The molecule has 3 aromatic rings. The third-order valence-electron chi connectivity index (χ3n) is 7.05. The molecular weight excluding hydrogens is 440 g/mol. The number of carbonyl (C=O) groups is 1. The smallest absolute Gasteiger partial charge is 0.329 e. The summed E-state index contributed by atoms with van der Waals surface area (Å²) < 4.78 is 7.80. The Morgan fingerprint density at radius 3 is 2.40 bits per heavy atom. The Morgan fingerprint density at radius 2 is 1.74 bits per heavy atom. The minimum Gasteiger partial charge on any atom is -0.480 e. The number of hydrogen-bond acceptors (Lipinski definition) is 4. The minimum absolute atomic E-state index is 0.117. The number of hydrogen-bond donors (Lipinski definition) is 2. The molecule has 0 atom stereocenters. The van der Waals surface area contributed by atoms with Crippen LogP contribution in [0.1, 0.15) is 49.8 Å². The highest BCUT2D eigenvalue weighted by molar-refractivity contribution is 5.83. The Balaban J connectivity index is 1.80. The van der Waals surface area contributed by atoms with Gasteiger partial charge >= 0.3 is 5.97 Å². The molecule has 1 aliphatic rings. The topological polar surface area (TPSA) is 84.6 Å². The summed E-state index contributed by atoms with van der Waals surface area (Å²) in [6.45, 7) is 3.02. The summed E-state index contributed by atoms with van der Waals surface area (Å²) in [5.41, 5.74) is 6.41. The second-order valence-electron chi connectivity index (χ2n) is 9.83. The molecule has 0 bridgehead atoms. The first-order chi connectivity index (χ1) is 17.0. The number of carboxylic acids is 1. The predicted octanol–water partition coefficient (Wildman–Crippen LogP) is 5.50. The van der Waals surface area contributed by atoms with Crippen LogP contribution in [0.3, 0.4) is 0 Å². The van der Waals surface area contributed by atoms with Crippen molar-refractivity contribution in [3.8, 4) is 22.4 Å². The highest BCUT2D eigenvalue weighted by Gasteiger charge is 2.35. The van der Waals surface area contributed by atoms with Gasteiger partial charge in [0.15, 0.2) is 0 Å². The molecule has 6 heteroatoms. The molecule has 0 amide bonds. The van der Waals surface area contributed by atoms with Gasteiger partial charge in [0, 0.05) is 35.4 Å². The molecule has 0 spiro atoms. The van der Waals surface area contributed by atoms with E-state index in [1.165, 1.54) is 12.0 Å². The number of benzene rings is 2. The Labute approximate surface area is 207 Å². The van der Waals surface area contributed by atoms with E-state index in [1.807, 2.05) is 18.2 Å². The van der Waals surface area contributed by atoms with Gasteiger partial charge in [-0.15, -0.1) is 0 Å². The lowest BCUT2D eigenvalue weighted by Crippen LogP contribution is -2.36. The van der Waals surface area contributed by atoms with Gasteiger partial charge in [-0.25, -0.2) is 4.79 Å². The normalized spacial score (nSPS) is 15.3. The first kappa shape index (κ1) is 25.1. The molecular formula is C29H36N2O4. The van der Waals surface area contributed by atoms with Gasteiger partial charge in [0.1, 0.15) is 12.3 Å². The fourth-order valence-corrected chi connectivity index (χ4v) is 5.27. The van der Waals surface area contributed by atoms with E-state index < -0.39 is 5.97 Å². The maximum atomic E-state index is 11.1. The zero-order chi connectivity index (χ0) is 24.7. The second-order valence-corrected chi connectivity index (χ2v) is 9.83. The molecule has 1 saturated carbocycles. The van der Waals surface area contributed by atoms with Crippen LogP contribution in [0.25, 0.3) is 22.4 Å². The highest BCUT2D eigenvalue weighted by atomic mass is 16.5. The molecule has 0 saturated heterocycles. The van der Waals surface area contributed by atoms with Crippen molar-refractivity contribution in [3.63, 3.8) is 0 Å². The van der Waals surface area contributed by atoms with Gasteiger partial charge in [-0.2, -0.15) is 5.10 Å². The summed E-state index contributed by atoms with van der Waals surface area (Å²) in [4.78, 5) is 11.1. The number of aryl methyl sites for hydroxylation is 1. The van der Waals surface area contributed by atoms with Crippen molar-refractivity contribution in [1.29, 1.82) is 0 Å². The maximum Gasteiger partial charge on any atom is 0.329 e. The van der Waals surface area contributed by atoms with Crippen LogP contribution in [0.2, 0.25) is 0 Å². The second kappa shape index (κ2) is 11.6. The summed E-state index contributed by atoms with van der Waals surface area (Å²) in [6.07, 6.45) is 6.77. The minimum atomic E-state index is -0.938. The average Bonchev–Trinajstić information content (AvgIpc) is 3.21. The quantitative estimate of drug-likeness (QED) is 0.382. The van der Waals surface area contributed by atoms with Crippen LogP contribution < -0.4 is 0 Å². The van der Waals surface area contributed by atoms with E-state index in [0.717, 1.165) is 53.8 Å². The van der Waals surface area contributed by atoms with E-state index in [1.54, 1.807) is 0 Å². The number of rotatable bonds is 11. The van der Waals surface area contributed by atoms with Gasteiger partial charge in [-0.1, -0.05) is 79.4 Å². The van der Waals surface area contributed by atoms with Crippen LogP contribution >= 0.6 is 0 Å². The third-order valence-corrected chi connectivity index (χ3v) is 7.05. The molecule has 1 aromatic heterocycles. The van der Waals surface area contributed by atoms with Crippen molar-refractivity contribution in [1.82, 2.24) is 9.78 Å². The molecule has 2 aromatic carbocycles. The number of nitrogens with zero attached hydrogens (tertiary/aromatic N) is 2. The van der Waals surface area contributed by atoms with Crippen LogP contribution in [0.5, 0.6) is 0 Å². The molecule has 0 radical (unpaired) electrons. The van der Waals surface area contributed by atoms with Gasteiger partial charge in [0.2, 0.25) is 0 Å². The number of aromatic nitrogens is 2. The zero-order valence-electron chi connectivity index (χ0n) is 20.6. The molecule has 1 aliphatic carbocycles. The number of ether oxygens (including phenoxy) is 1. The fraction of sp³-hybridized carbons (Fsp3) is 0.448. The third kappa shape index (κ3) is 6.19. The van der Waals surface area contributed by atoms with Gasteiger partial charge in [0.05, 0.1) is 6.61 Å². The molecule has 0 unspecified atom stereocenters. The lowest BCUT2D eigenvalue weighted by Gasteiger charge is -2.37. The molecule has 0 aliphatic heterocycles. The lowest BCUT2D eigenvalue weighted by molar-refractivity contribution is -0.144. The van der Waals surface area contributed by atoms with Crippen molar-refractivity contribution >= 4 is 5.97 Å². The molecule has 1 fully saturated rings. The predicted molar refractivity (Wildman–Crippen MR) is 137 cm³/mol. The van der Waals surface area contributed by atoms with Crippen LogP contribution in [0.4, 0.5) is 0 Å². The monoisotopic (exact) mass is 476 g/mol. The molecule has 2 N–H and O–H groups in total. The highest BCUT2D eigenvalue weighted by Crippen LogP contribution is 2.41. The fourth-order valence-electron chi connectivity index (χ4n) is 5.27. The molecule has 6 nitrogen and oxygen atoms in total. The summed E-state index contributed by atoms with van der Waals surface area (Å²) in [5.74, 6) is -0.938. The Bertz CT molecular complexity index is 1100. The number of aliphatic carboxylic acids is 1. The van der Waals surface area contributed by atoms with E-state index in [2.05, 4.69) is 48.0 Å². The van der Waals surface area contributed by atoms with Crippen molar-refractivity contribution in [2.45, 2.75) is 58.4 Å². The summed E-state index contributed by atoms with van der Waals surface area (Å²) in [6, 6.07) is 18.8. The SMILES string of the molecule is Cc1ccc(-c2nn(CC3(COCC(=O)O)CCCCC3)c(CCCO)c2-c2ccccc2)cc1. The van der Waals surface area contributed by atoms with Gasteiger partial charge < -0.3 is 14.9 Å². The molecule has 186 valence electrons. The summed E-state index contributed by atoms with van der Waals surface area (Å²) in [5, 5.41) is 24.0. The van der Waals surface area contributed by atoms with E-state index >= 15 is 0 Å². The van der Waals surface area contributed by atoms with E-state index in [4.69, 9.17) is 14.9 Å². The Morgan fingerprint density at radius 1 is 1.03 bits per heavy atom. The molecule has 4 rings (SSSR count). The Kier molecular flexibility index (Phi) is 8.37. The summed E-state index contributed by atoms with van der Waals surface area (Å²) in [7, 11) is 0. The van der Waals surface area contributed by atoms with Crippen molar-refractivity contribution < 1.29 is 19.7 Å². The van der Waals surface area contributed by atoms with E-state index in [9.17, 15) is 9.90 Å². The van der Waals surface area contributed by atoms with Crippen molar-refractivity contribution in [2.75, 3.05) is 19.8 Å². The van der Waals surface area contributed by atoms with E-state index in [-0.39, 0.29) is 18.6 Å². The largest absolute Gasteiger partial charge is 0.480 e. The maximum absolute atomic E-state index is 11.1. The van der Waals surface area contributed by atoms with Crippen LogP contribution in [0.15, 0.2) is 54.6 Å². The zero-order valence-corrected chi connectivity index (χ0v) is 20.6. The van der Waals surface area contributed by atoms with Crippen LogP contribution in [-0.2, 0) is 22.5 Å². The van der Waals surface area contributed by atoms with Crippen LogP contribution in [0, 0.1) is 12.3 Å². The van der Waals surface area contributed by atoms with Gasteiger partial charge in [-0.3, -0.25) is 4.68 Å². The van der Waals surface area contributed by atoms with Gasteiger partial charge in [0.25, 0.3) is 0 Å². The number of aliphatic hydroxyl groups excluding tert-OH is 1. The standard InChI is InChI=1S/C29H36N2O4/c1-22-12-14-24(15-13-22)28-27(23-9-4-2-5-10-23)25(11-8-18-32)31(30-28)20-29(16-6-3-7-17-29)21-35-19-26(33)34/h2,4-5,9-10,12-15,32H,3,6-8,11,16-21H2,1H3,(H,33,34). The van der Waals surface area contributed by atoms with E-state index in [0.29, 0.717) is 26.0 Å². The lowest BCUT2D eigenvalue weighted by atomic mass is 9.74. The number of carboxylic acid groups (broad SMARTS) is 1. The number of aliphatic hydroxyl groups is 1. The molecule has 35 heavy (non-hydrogen) atoms. The van der Waals surface area contributed by atoms with Gasteiger partial charge in [-0.05, 0) is 38.2 Å².